The molecule has 0 fully saturated rings. The Bertz CT molecular complexity index is 652. The van der Waals surface area contributed by atoms with Crippen LogP contribution in [0, 0.1) is 6.92 Å². The Morgan fingerprint density at radius 2 is 2.10 bits per heavy atom. The van der Waals surface area contributed by atoms with Gasteiger partial charge in [-0.1, -0.05) is 0 Å². The van der Waals surface area contributed by atoms with Crippen molar-refractivity contribution in [3.63, 3.8) is 0 Å². The lowest BCUT2D eigenvalue weighted by Gasteiger charge is -2.14. The van der Waals surface area contributed by atoms with Crippen molar-refractivity contribution < 1.29 is 4.79 Å². The summed E-state index contributed by atoms with van der Waals surface area (Å²) in [5.74, 6) is -0.0434. The van der Waals surface area contributed by atoms with Gasteiger partial charge in [-0.05, 0) is 42.3 Å². The first kappa shape index (κ1) is 14.8. The zero-order valence-electron chi connectivity index (χ0n) is 12.6. The van der Waals surface area contributed by atoms with Gasteiger partial charge in [-0.2, -0.15) is 0 Å². The molecule has 1 heterocycles. The summed E-state index contributed by atoms with van der Waals surface area (Å²) in [4.78, 5) is 17.6. The third kappa shape index (κ3) is 3.51. The van der Waals surface area contributed by atoms with Crippen molar-refractivity contribution in [2.75, 3.05) is 25.1 Å². The van der Waals surface area contributed by atoms with Crippen LogP contribution >= 0.6 is 0 Å². The number of carbonyl (C=O) groups excluding carboxylic acids is 1. The fraction of sp³-hybridized carbons (Fsp3) is 0.250. The van der Waals surface area contributed by atoms with Gasteiger partial charge in [-0.25, -0.2) is 0 Å². The van der Waals surface area contributed by atoms with Crippen molar-refractivity contribution >= 4 is 17.3 Å². The van der Waals surface area contributed by atoms with Crippen LogP contribution in [0.2, 0.25) is 0 Å². The quantitative estimate of drug-likeness (QED) is 0.845. The number of hydrogen-bond donors (Lipinski definition) is 2. The van der Waals surface area contributed by atoms with E-state index < -0.39 is 0 Å². The number of aromatic nitrogens is 1. The maximum absolute atomic E-state index is 12.0. The highest BCUT2D eigenvalue weighted by atomic mass is 16.2. The molecule has 0 radical (unpaired) electrons. The Hall–Kier alpha value is -2.56. The molecule has 1 amide bonds. The number of nitrogens with two attached hydrogens (primary N) is 1. The van der Waals surface area contributed by atoms with E-state index in [1.165, 1.54) is 0 Å². The van der Waals surface area contributed by atoms with Crippen LogP contribution in [0.3, 0.4) is 0 Å². The first-order valence-corrected chi connectivity index (χ1v) is 6.73. The maximum atomic E-state index is 12.0. The van der Waals surface area contributed by atoms with Gasteiger partial charge in [0.2, 0.25) is 0 Å². The zero-order chi connectivity index (χ0) is 15.4. The second-order valence-electron chi connectivity index (χ2n) is 5.16. The molecule has 0 spiro atoms. The second kappa shape index (κ2) is 6.26. The molecule has 2 aromatic rings. The van der Waals surface area contributed by atoms with Crippen LogP contribution in [0.4, 0.5) is 11.4 Å². The summed E-state index contributed by atoms with van der Waals surface area (Å²) in [5, 5.41) is 3.28. The van der Waals surface area contributed by atoms with Gasteiger partial charge < -0.3 is 16.0 Å². The van der Waals surface area contributed by atoms with E-state index in [1.807, 2.05) is 19.2 Å². The van der Waals surface area contributed by atoms with Gasteiger partial charge in [0.25, 0.3) is 5.91 Å². The van der Waals surface area contributed by atoms with E-state index in [0.29, 0.717) is 17.8 Å². The molecule has 0 bridgehead atoms. The molecule has 0 saturated carbocycles. The monoisotopic (exact) mass is 284 g/mol. The molecule has 2 rings (SSSR count). The Morgan fingerprint density at radius 1 is 1.33 bits per heavy atom. The summed E-state index contributed by atoms with van der Waals surface area (Å²) in [6, 6.07) is 7.24. The summed E-state index contributed by atoms with van der Waals surface area (Å²) in [6.45, 7) is 2.65. The minimum atomic E-state index is -0.0434. The van der Waals surface area contributed by atoms with Crippen molar-refractivity contribution in [3.05, 3.63) is 53.3 Å². The molecule has 1 aromatic carbocycles. The highest BCUT2D eigenvalue weighted by Gasteiger charge is 2.10. The molecule has 0 aliphatic heterocycles. The number of carbonyl (C=O) groups is 1. The predicted molar refractivity (Wildman–Crippen MR) is 85.2 cm³/mol. The number of amides is 1. The van der Waals surface area contributed by atoms with Crippen LogP contribution in [0.15, 0.2) is 36.7 Å². The largest absolute Gasteiger partial charge is 0.397 e. The molecule has 1 aromatic heterocycles. The first-order valence-electron chi connectivity index (χ1n) is 6.73. The molecule has 0 atom stereocenters. The van der Waals surface area contributed by atoms with E-state index in [9.17, 15) is 4.79 Å². The third-order valence-electron chi connectivity index (χ3n) is 3.31. The number of anilines is 2. The van der Waals surface area contributed by atoms with E-state index in [2.05, 4.69) is 10.3 Å². The minimum Gasteiger partial charge on any atom is -0.397 e. The molecule has 21 heavy (non-hydrogen) atoms. The standard InChI is InChI=1S/C16H20N4O/c1-11-9-18-7-6-13(11)10-19-15-8-12(4-5-14(15)17)16(21)20(2)3/h4-9,19H,10,17H2,1-3H3. The molecule has 5 nitrogen and oxygen atoms in total. The number of hydrogen-bond acceptors (Lipinski definition) is 4. The van der Waals surface area contributed by atoms with Crippen LogP contribution in [0.1, 0.15) is 21.5 Å². The van der Waals surface area contributed by atoms with Gasteiger partial charge in [0.05, 0.1) is 11.4 Å². The summed E-state index contributed by atoms with van der Waals surface area (Å²) >= 11 is 0. The maximum Gasteiger partial charge on any atom is 0.253 e. The van der Waals surface area contributed by atoms with Gasteiger partial charge in [0, 0.05) is 38.6 Å². The summed E-state index contributed by atoms with van der Waals surface area (Å²) in [6.07, 6.45) is 3.59. The van der Waals surface area contributed by atoms with Gasteiger partial charge in [0.1, 0.15) is 0 Å². The molecule has 0 aliphatic carbocycles. The molecule has 3 N–H and O–H groups in total. The lowest BCUT2D eigenvalue weighted by molar-refractivity contribution is 0.0827. The fourth-order valence-electron chi connectivity index (χ4n) is 1.99. The van der Waals surface area contributed by atoms with Gasteiger partial charge >= 0.3 is 0 Å². The Balaban J connectivity index is 2.18. The van der Waals surface area contributed by atoms with Crippen LogP contribution in [0.5, 0.6) is 0 Å². The van der Waals surface area contributed by atoms with Gasteiger partial charge in [-0.3, -0.25) is 9.78 Å². The highest BCUT2D eigenvalue weighted by molar-refractivity contribution is 5.95. The number of pyridine rings is 1. The van der Waals surface area contributed by atoms with Crippen molar-refractivity contribution in [3.8, 4) is 0 Å². The predicted octanol–water partition coefficient (Wildman–Crippen LogP) is 2.29. The number of benzene rings is 1. The number of nitrogen functional groups attached to an aromatic ring is 1. The van der Waals surface area contributed by atoms with Crippen LogP contribution < -0.4 is 11.1 Å². The highest BCUT2D eigenvalue weighted by Crippen LogP contribution is 2.22. The Morgan fingerprint density at radius 3 is 2.76 bits per heavy atom. The Labute approximate surface area is 124 Å². The van der Waals surface area contributed by atoms with E-state index in [-0.39, 0.29) is 5.91 Å². The molecule has 5 heteroatoms. The van der Waals surface area contributed by atoms with Crippen LogP contribution in [-0.4, -0.2) is 29.9 Å². The summed E-state index contributed by atoms with van der Waals surface area (Å²) < 4.78 is 0. The topological polar surface area (TPSA) is 71.2 Å². The summed E-state index contributed by atoms with van der Waals surface area (Å²) in [5.41, 5.74) is 10.2. The number of nitrogens with one attached hydrogen (secondary N) is 1. The molecule has 110 valence electrons. The van der Waals surface area contributed by atoms with Gasteiger partial charge in [0.15, 0.2) is 0 Å². The van der Waals surface area contributed by atoms with E-state index in [0.717, 1.165) is 16.8 Å². The molecule has 0 aliphatic rings. The van der Waals surface area contributed by atoms with Crippen LogP contribution in [-0.2, 0) is 6.54 Å². The molecule has 0 unspecified atom stereocenters. The first-order chi connectivity index (χ1) is 9.99. The molecular formula is C16H20N4O. The average molecular weight is 284 g/mol. The molecule has 0 saturated heterocycles. The summed E-state index contributed by atoms with van der Waals surface area (Å²) in [7, 11) is 3.46. The zero-order valence-corrected chi connectivity index (χ0v) is 12.6. The second-order valence-corrected chi connectivity index (χ2v) is 5.16. The average Bonchev–Trinajstić information content (AvgIpc) is 2.47. The van der Waals surface area contributed by atoms with Crippen molar-refractivity contribution in [1.82, 2.24) is 9.88 Å². The SMILES string of the molecule is Cc1cnccc1CNc1cc(C(=O)N(C)C)ccc1N. The van der Waals surface area contributed by atoms with Crippen molar-refractivity contribution in [2.45, 2.75) is 13.5 Å². The number of aryl methyl sites for hydroxylation is 1. The lowest BCUT2D eigenvalue weighted by Crippen LogP contribution is -2.21. The number of rotatable bonds is 4. The van der Waals surface area contributed by atoms with Crippen LogP contribution in [0.25, 0.3) is 0 Å². The van der Waals surface area contributed by atoms with E-state index in [4.69, 9.17) is 5.73 Å². The Kier molecular flexibility index (Phi) is 4.42. The van der Waals surface area contributed by atoms with Crippen molar-refractivity contribution in [1.29, 1.82) is 0 Å². The molecular weight excluding hydrogens is 264 g/mol. The van der Waals surface area contributed by atoms with E-state index in [1.54, 1.807) is 43.4 Å². The van der Waals surface area contributed by atoms with E-state index >= 15 is 0 Å². The normalized spacial score (nSPS) is 10.2. The van der Waals surface area contributed by atoms with Gasteiger partial charge in [-0.15, -0.1) is 0 Å². The smallest absolute Gasteiger partial charge is 0.253 e. The minimum absolute atomic E-state index is 0.0434. The third-order valence-corrected chi connectivity index (χ3v) is 3.31. The lowest BCUT2D eigenvalue weighted by atomic mass is 10.1. The van der Waals surface area contributed by atoms with Crippen molar-refractivity contribution in [2.24, 2.45) is 0 Å². The number of nitrogens with zero attached hydrogens (tertiary/aromatic N) is 2. The fourth-order valence-corrected chi connectivity index (χ4v) is 1.99.